The zero-order valence-electron chi connectivity index (χ0n) is 16.7. The number of fused-ring (bicyclic) bond motifs is 1. The van der Waals surface area contributed by atoms with Crippen molar-refractivity contribution in [1.29, 1.82) is 0 Å². The van der Waals surface area contributed by atoms with Gasteiger partial charge in [-0.25, -0.2) is 9.67 Å². The van der Waals surface area contributed by atoms with Gasteiger partial charge in [0, 0.05) is 18.1 Å². The summed E-state index contributed by atoms with van der Waals surface area (Å²) in [6.45, 7) is 7.28. The molecule has 2 N–H and O–H groups in total. The standard InChI is InChI=1S/C20H25N5OS.2ClH/c1-12(2)25-19-15(11-22-25)14(10-17(23-19)18-7-5-9-27-18)20(26)24-16-6-4-8-21-13(16)3;;/h5,7,9-13,16,21H,4,6,8H2,1-3H3,(H,24,26);2*1H. The van der Waals surface area contributed by atoms with Crippen LogP contribution in [0.25, 0.3) is 21.6 Å². The van der Waals surface area contributed by atoms with Crippen LogP contribution in [0, 0.1) is 0 Å². The van der Waals surface area contributed by atoms with Crippen LogP contribution in [0.3, 0.4) is 0 Å². The Labute approximate surface area is 187 Å². The average Bonchev–Trinajstić information content (AvgIpc) is 3.32. The van der Waals surface area contributed by atoms with Crippen molar-refractivity contribution < 1.29 is 4.79 Å². The fraction of sp³-hybridized carbons (Fsp3) is 0.450. The van der Waals surface area contributed by atoms with Gasteiger partial charge in [0.2, 0.25) is 0 Å². The molecule has 1 saturated heterocycles. The van der Waals surface area contributed by atoms with Crippen LogP contribution in [0.1, 0.15) is 50.0 Å². The molecule has 6 nitrogen and oxygen atoms in total. The van der Waals surface area contributed by atoms with E-state index in [1.165, 1.54) is 0 Å². The van der Waals surface area contributed by atoms with Gasteiger partial charge in [0.25, 0.3) is 5.91 Å². The third-order valence-corrected chi connectivity index (χ3v) is 6.04. The largest absolute Gasteiger partial charge is 0.348 e. The summed E-state index contributed by atoms with van der Waals surface area (Å²) in [5.41, 5.74) is 2.23. The summed E-state index contributed by atoms with van der Waals surface area (Å²) in [5.74, 6) is -0.0518. The van der Waals surface area contributed by atoms with Crippen molar-refractivity contribution in [2.75, 3.05) is 6.54 Å². The van der Waals surface area contributed by atoms with E-state index in [0.717, 1.165) is 41.0 Å². The Hall–Kier alpha value is -1.67. The van der Waals surface area contributed by atoms with Gasteiger partial charge in [0.05, 0.1) is 27.7 Å². The molecule has 1 aliphatic rings. The first-order chi connectivity index (χ1) is 13.0. The molecule has 4 rings (SSSR count). The molecular formula is C20H27Cl2N5OS. The maximum Gasteiger partial charge on any atom is 0.252 e. The maximum atomic E-state index is 13.2. The van der Waals surface area contributed by atoms with Crippen molar-refractivity contribution >= 4 is 53.1 Å². The Bertz CT molecular complexity index is 957. The van der Waals surface area contributed by atoms with Gasteiger partial charge in [-0.3, -0.25) is 4.79 Å². The van der Waals surface area contributed by atoms with Crippen molar-refractivity contribution in [1.82, 2.24) is 25.4 Å². The molecule has 1 amide bonds. The van der Waals surface area contributed by atoms with Crippen molar-refractivity contribution in [2.45, 2.75) is 51.7 Å². The number of pyridine rings is 1. The van der Waals surface area contributed by atoms with Gasteiger partial charge in [-0.05, 0) is 57.7 Å². The molecule has 3 aromatic heterocycles. The van der Waals surface area contributed by atoms with E-state index < -0.39 is 0 Å². The Morgan fingerprint density at radius 1 is 1.38 bits per heavy atom. The lowest BCUT2D eigenvalue weighted by Gasteiger charge is -2.30. The lowest BCUT2D eigenvalue weighted by molar-refractivity contribution is 0.0921. The fourth-order valence-electron chi connectivity index (χ4n) is 3.62. The highest BCUT2D eigenvalue weighted by molar-refractivity contribution is 7.13. The van der Waals surface area contributed by atoms with Crippen molar-refractivity contribution in [3.05, 3.63) is 35.3 Å². The van der Waals surface area contributed by atoms with E-state index in [-0.39, 0.29) is 48.8 Å². The second kappa shape index (κ2) is 9.89. The number of nitrogens with zero attached hydrogens (tertiary/aromatic N) is 3. The van der Waals surface area contributed by atoms with Crippen LogP contribution in [0.15, 0.2) is 29.8 Å². The number of halogens is 2. The topological polar surface area (TPSA) is 71.8 Å². The van der Waals surface area contributed by atoms with E-state index in [2.05, 4.69) is 36.5 Å². The normalized spacial score (nSPS) is 18.9. The summed E-state index contributed by atoms with van der Waals surface area (Å²) in [5, 5.41) is 14.0. The quantitative estimate of drug-likeness (QED) is 0.609. The maximum absolute atomic E-state index is 13.2. The van der Waals surface area contributed by atoms with Crippen LogP contribution >= 0.6 is 36.2 Å². The van der Waals surface area contributed by atoms with E-state index in [4.69, 9.17) is 4.98 Å². The summed E-state index contributed by atoms with van der Waals surface area (Å²) < 4.78 is 1.88. The van der Waals surface area contributed by atoms with Gasteiger partial charge in [-0.1, -0.05) is 6.07 Å². The molecule has 0 radical (unpaired) electrons. The van der Waals surface area contributed by atoms with Gasteiger partial charge in [0.1, 0.15) is 0 Å². The molecule has 29 heavy (non-hydrogen) atoms. The highest BCUT2D eigenvalue weighted by Gasteiger charge is 2.25. The molecule has 9 heteroatoms. The number of aromatic nitrogens is 3. The van der Waals surface area contributed by atoms with Crippen LogP contribution < -0.4 is 10.6 Å². The van der Waals surface area contributed by atoms with Crippen molar-refractivity contribution in [3.63, 3.8) is 0 Å². The predicted molar refractivity (Wildman–Crippen MR) is 124 cm³/mol. The molecular weight excluding hydrogens is 429 g/mol. The Balaban J connectivity index is 0.00000150. The minimum atomic E-state index is -0.0518. The van der Waals surface area contributed by atoms with Gasteiger partial charge in [-0.15, -0.1) is 36.2 Å². The molecule has 1 aliphatic heterocycles. The van der Waals surface area contributed by atoms with Crippen LogP contribution in [-0.4, -0.2) is 39.3 Å². The van der Waals surface area contributed by atoms with E-state index in [9.17, 15) is 4.79 Å². The lowest BCUT2D eigenvalue weighted by Crippen LogP contribution is -2.51. The van der Waals surface area contributed by atoms with Gasteiger partial charge in [-0.2, -0.15) is 5.10 Å². The SMILES string of the molecule is CC1NCCCC1NC(=O)c1cc(-c2cccs2)nc2c1cnn2C(C)C.Cl.Cl. The molecule has 0 aliphatic carbocycles. The Kier molecular flexibility index (Phi) is 8.05. The number of nitrogens with one attached hydrogen (secondary N) is 2. The van der Waals surface area contributed by atoms with Crippen LogP contribution in [0.5, 0.6) is 0 Å². The summed E-state index contributed by atoms with van der Waals surface area (Å²) in [6, 6.07) is 6.52. The minimum Gasteiger partial charge on any atom is -0.348 e. The number of rotatable bonds is 4. The summed E-state index contributed by atoms with van der Waals surface area (Å²) in [4.78, 5) is 19.0. The molecule has 0 saturated carbocycles. The highest BCUT2D eigenvalue weighted by Crippen LogP contribution is 2.29. The first-order valence-electron chi connectivity index (χ1n) is 9.51. The first kappa shape index (κ1) is 23.6. The Morgan fingerprint density at radius 3 is 2.83 bits per heavy atom. The van der Waals surface area contributed by atoms with Gasteiger partial charge < -0.3 is 10.6 Å². The van der Waals surface area contributed by atoms with E-state index >= 15 is 0 Å². The fourth-order valence-corrected chi connectivity index (χ4v) is 4.31. The summed E-state index contributed by atoms with van der Waals surface area (Å²) >= 11 is 1.62. The minimum absolute atomic E-state index is 0. The smallest absolute Gasteiger partial charge is 0.252 e. The van der Waals surface area contributed by atoms with E-state index in [1.54, 1.807) is 17.5 Å². The molecule has 0 aromatic carbocycles. The molecule has 0 bridgehead atoms. The van der Waals surface area contributed by atoms with Crippen LogP contribution in [0.4, 0.5) is 0 Å². The molecule has 0 spiro atoms. The average molecular weight is 456 g/mol. The van der Waals surface area contributed by atoms with E-state index in [1.807, 2.05) is 28.3 Å². The second-order valence-electron chi connectivity index (χ2n) is 7.42. The second-order valence-corrected chi connectivity index (χ2v) is 8.37. The van der Waals surface area contributed by atoms with E-state index in [0.29, 0.717) is 5.56 Å². The summed E-state index contributed by atoms with van der Waals surface area (Å²) in [7, 11) is 0. The zero-order valence-corrected chi connectivity index (χ0v) is 19.2. The van der Waals surface area contributed by atoms with Gasteiger partial charge >= 0.3 is 0 Å². The molecule has 158 valence electrons. The monoisotopic (exact) mass is 455 g/mol. The number of hydrogen-bond donors (Lipinski definition) is 2. The van der Waals surface area contributed by atoms with Crippen molar-refractivity contribution in [2.24, 2.45) is 0 Å². The Morgan fingerprint density at radius 2 is 2.17 bits per heavy atom. The summed E-state index contributed by atoms with van der Waals surface area (Å²) in [6.07, 6.45) is 3.84. The molecule has 3 aromatic rings. The highest BCUT2D eigenvalue weighted by atomic mass is 35.5. The molecule has 4 heterocycles. The van der Waals surface area contributed by atoms with Crippen molar-refractivity contribution in [3.8, 4) is 10.6 Å². The van der Waals surface area contributed by atoms with Crippen LogP contribution in [-0.2, 0) is 0 Å². The lowest BCUT2D eigenvalue weighted by atomic mass is 9.99. The first-order valence-corrected chi connectivity index (χ1v) is 10.4. The third-order valence-electron chi connectivity index (χ3n) is 5.15. The number of thiophene rings is 1. The molecule has 1 fully saturated rings. The molecule has 2 atom stereocenters. The predicted octanol–water partition coefficient (Wildman–Crippen LogP) is 4.45. The molecule has 2 unspecified atom stereocenters. The van der Waals surface area contributed by atoms with Crippen LogP contribution in [0.2, 0.25) is 0 Å². The number of carbonyl (C=O) groups excluding carboxylic acids is 1. The zero-order chi connectivity index (χ0) is 19.0. The number of amides is 1. The number of piperidine rings is 1. The number of carbonyl (C=O) groups is 1. The third kappa shape index (κ3) is 4.74. The number of hydrogen-bond acceptors (Lipinski definition) is 5. The van der Waals surface area contributed by atoms with Gasteiger partial charge in [0.15, 0.2) is 5.65 Å².